The van der Waals surface area contributed by atoms with E-state index in [1.807, 2.05) is 25.8 Å². The van der Waals surface area contributed by atoms with Gasteiger partial charge in [-0.25, -0.2) is 4.68 Å². The van der Waals surface area contributed by atoms with Gasteiger partial charge in [0.1, 0.15) is 5.69 Å². The van der Waals surface area contributed by atoms with E-state index in [9.17, 15) is 9.59 Å². The lowest BCUT2D eigenvalue weighted by atomic mass is 9.60. The predicted molar refractivity (Wildman–Crippen MR) is 95.6 cm³/mol. The van der Waals surface area contributed by atoms with E-state index < -0.39 is 0 Å². The molecule has 0 saturated heterocycles. The first-order valence-corrected chi connectivity index (χ1v) is 9.50. The second kappa shape index (κ2) is 7.28. The second-order valence-electron chi connectivity index (χ2n) is 7.33. The topological polar surface area (TPSA) is 64.4 Å². The van der Waals surface area contributed by atoms with E-state index in [4.69, 9.17) is 4.74 Å². The molecular formula is C19H29N3O3. The van der Waals surface area contributed by atoms with E-state index in [0.717, 1.165) is 32.3 Å². The molecule has 1 heterocycles. The van der Waals surface area contributed by atoms with Gasteiger partial charge in [0.15, 0.2) is 0 Å². The van der Waals surface area contributed by atoms with Gasteiger partial charge in [-0.1, -0.05) is 19.8 Å². The molecule has 0 N–H and O–H groups in total. The van der Waals surface area contributed by atoms with Crippen molar-refractivity contribution in [1.82, 2.24) is 14.7 Å². The SMILES string of the molecule is CCCn1nc(C(=O)N(C)[C@@H]2C[C@H](OCC)C23CCCC3)ccc1=O. The summed E-state index contributed by atoms with van der Waals surface area (Å²) in [4.78, 5) is 26.6. The monoisotopic (exact) mass is 347 g/mol. The normalized spacial score (nSPS) is 24.3. The fourth-order valence-corrected chi connectivity index (χ4v) is 4.65. The van der Waals surface area contributed by atoms with Gasteiger partial charge in [-0.15, -0.1) is 0 Å². The Labute approximate surface area is 149 Å². The van der Waals surface area contributed by atoms with E-state index in [1.165, 1.54) is 23.6 Å². The van der Waals surface area contributed by atoms with Gasteiger partial charge in [0.25, 0.3) is 11.5 Å². The molecule has 0 aromatic carbocycles. The number of hydrogen-bond donors (Lipinski definition) is 0. The van der Waals surface area contributed by atoms with Crippen LogP contribution in [0.15, 0.2) is 16.9 Å². The minimum absolute atomic E-state index is 0.101. The molecule has 0 unspecified atom stereocenters. The zero-order valence-corrected chi connectivity index (χ0v) is 15.5. The van der Waals surface area contributed by atoms with Crippen molar-refractivity contribution < 1.29 is 9.53 Å². The molecule has 2 fully saturated rings. The maximum atomic E-state index is 13.0. The van der Waals surface area contributed by atoms with Crippen LogP contribution in [0.2, 0.25) is 0 Å². The van der Waals surface area contributed by atoms with Gasteiger partial charge in [-0.2, -0.15) is 5.10 Å². The third-order valence-corrected chi connectivity index (χ3v) is 5.95. The van der Waals surface area contributed by atoms with Crippen molar-refractivity contribution in [2.24, 2.45) is 5.41 Å². The van der Waals surface area contributed by atoms with Crippen molar-refractivity contribution in [2.75, 3.05) is 13.7 Å². The maximum absolute atomic E-state index is 13.0. The van der Waals surface area contributed by atoms with Gasteiger partial charge >= 0.3 is 0 Å². The summed E-state index contributed by atoms with van der Waals surface area (Å²) in [6, 6.07) is 3.19. The van der Waals surface area contributed by atoms with Gasteiger partial charge in [-0.3, -0.25) is 9.59 Å². The fraction of sp³-hybridized carbons (Fsp3) is 0.737. The van der Waals surface area contributed by atoms with Gasteiger partial charge in [0.05, 0.1) is 6.10 Å². The number of aryl methyl sites for hydroxylation is 1. The highest BCUT2D eigenvalue weighted by Gasteiger charge is 2.58. The first-order valence-electron chi connectivity index (χ1n) is 9.50. The van der Waals surface area contributed by atoms with Crippen LogP contribution in [-0.4, -0.2) is 46.4 Å². The number of ether oxygens (including phenoxy) is 1. The molecule has 2 saturated carbocycles. The van der Waals surface area contributed by atoms with Gasteiger partial charge in [0.2, 0.25) is 0 Å². The molecule has 1 spiro atoms. The summed E-state index contributed by atoms with van der Waals surface area (Å²) < 4.78 is 7.33. The Bertz CT molecular complexity index is 679. The number of carbonyl (C=O) groups is 1. The molecule has 1 amide bonds. The number of aromatic nitrogens is 2. The lowest BCUT2D eigenvalue weighted by Gasteiger charge is -2.56. The van der Waals surface area contributed by atoms with E-state index in [2.05, 4.69) is 5.10 Å². The molecule has 25 heavy (non-hydrogen) atoms. The summed E-state index contributed by atoms with van der Waals surface area (Å²) in [5.41, 5.74) is 0.301. The maximum Gasteiger partial charge on any atom is 0.274 e. The molecule has 0 aliphatic heterocycles. The molecule has 0 radical (unpaired) electrons. The summed E-state index contributed by atoms with van der Waals surface area (Å²) in [6.45, 7) is 5.27. The van der Waals surface area contributed by atoms with Gasteiger partial charge < -0.3 is 9.64 Å². The summed E-state index contributed by atoms with van der Waals surface area (Å²) in [5, 5.41) is 4.28. The van der Waals surface area contributed by atoms with E-state index in [1.54, 1.807) is 6.07 Å². The number of hydrogen-bond acceptors (Lipinski definition) is 4. The zero-order valence-electron chi connectivity index (χ0n) is 15.5. The molecule has 6 heteroatoms. The average molecular weight is 347 g/mol. The largest absolute Gasteiger partial charge is 0.378 e. The summed E-state index contributed by atoms with van der Waals surface area (Å²) in [5.74, 6) is -0.101. The Morgan fingerprint density at radius 2 is 2.08 bits per heavy atom. The van der Waals surface area contributed by atoms with Crippen LogP contribution >= 0.6 is 0 Å². The highest BCUT2D eigenvalue weighted by molar-refractivity contribution is 5.92. The van der Waals surface area contributed by atoms with Crippen LogP contribution in [-0.2, 0) is 11.3 Å². The second-order valence-corrected chi connectivity index (χ2v) is 7.33. The molecule has 2 aliphatic rings. The first kappa shape index (κ1) is 18.1. The smallest absolute Gasteiger partial charge is 0.274 e. The van der Waals surface area contributed by atoms with Crippen molar-refractivity contribution in [3.63, 3.8) is 0 Å². The van der Waals surface area contributed by atoms with Crippen molar-refractivity contribution >= 4 is 5.91 Å². The Morgan fingerprint density at radius 3 is 2.72 bits per heavy atom. The first-order chi connectivity index (χ1) is 12.0. The van der Waals surface area contributed by atoms with Crippen molar-refractivity contribution in [3.05, 3.63) is 28.2 Å². The minimum atomic E-state index is -0.159. The van der Waals surface area contributed by atoms with E-state index >= 15 is 0 Å². The Morgan fingerprint density at radius 1 is 1.36 bits per heavy atom. The van der Waals surface area contributed by atoms with Crippen LogP contribution in [0, 0.1) is 5.41 Å². The minimum Gasteiger partial charge on any atom is -0.378 e. The number of carbonyl (C=O) groups excluding carboxylic acids is 1. The van der Waals surface area contributed by atoms with Crippen LogP contribution < -0.4 is 5.56 Å². The van der Waals surface area contributed by atoms with Gasteiger partial charge in [-0.05, 0) is 38.7 Å². The lowest BCUT2D eigenvalue weighted by Crippen LogP contribution is -2.64. The third-order valence-electron chi connectivity index (χ3n) is 5.95. The standard InChI is InChI=1S/C19H29N3O3/c1-4-12-22-17(23)9-8-14(20-22)18(24)21(3)15-13-16(25-5-2)19(15)10-6-7-11-19/h8-9,15-16H,4-7,10-13H2,1-3H3/t15-,16+/m1/s1. The molecule has 138 valence electrons. The molecule has 1 aromatic heterocycles. The molecular weight excluding hydrogens is 318 g/mol. The number of amides is 1. The van der Waals surface area contributed by atoms with Crippen LogP contribution in [0.4, 0.5) is 0 Å². The summed E-state index contributed by atoms with van der Waals surface area (Å²) in [6.07, 6.45) is 6.64. The number of rotatable bonds is 6. The van der Waals surface area contributed by atoms with Crippen molar-refractivity contribution in [2.45, 2.75) is 71.1 Å². The Kier molecular flexibility index (Phi) is 5.27. The third kappa shape index (κ3) is 3.12. The van der Waals surface area contributed by atoms with Crippen LogP contribution in [0.1, 0.15) is 62.9 Å². The quantitative estimate of drug-likeness (QED) is 0.793. The van der Waals surface area contributed by atoms with E-state index in [0.29, 0.717) is 12.2 Å². The lowest BCUT2D eigenvalue weighted by molar-refractivity contribution is -0.152. The molecule has 1 aromatic rings. The Hall–Kier alpha value is -1.69. The highest BCUT2D eigenvalue weighted by atomic mass is 16.5. The Balaban J connectivity index is 1.79. The molecule has 0 bridgehead atoms. The zero-order chi connectivity index (χ0) is 18.0. The highest BCUT2D eigenvalue weighted by Crippen LogP contribution is 2.56. The van der Waals surface area contributed by atoms with Crippen LogP contribution in [0.5, 0.6) is 0 Å². The van der Waals surface area contributed by atoms with Gasteiger partial charge in [0, 0.05) is 37.7 Å². The van der Waals surface area contributed by atoms with Crippen molar-refractivity contribution in [1.29, 1.82) is 0 Å². The fourth-order valence-electron chi connectivity index (χ4n) is 4.65. The van der Waals surface area contributed by atoms with Crippen molar-refractivity contribution in [3.8, 4) is 0 Å². The summed E-state index contributed by atoms with van der Waals surface area (Å²) in [7, 11) is 1.87. The van der Waals surface area contributed by atoms with E-state index in [-0.39, 0.29) is 29.0 Å². The molecule has 2 aliphatic carbocycles. The molecule has 3 rings (SSSR count). The number of nitrogens with zero attached hydrogens (tertiary/aromatic N) is 3. The molecule has 2 atom stereocenters. The molecule has 6 nitrogen and oxygen atoms in total. The summed E-state index contributed by atoms with van der Waals surface area (Å²) >= 11 is 0. The van der Waals surface area contributed by atoms with Crippen LogP contribution in [0.25, 0.3) is 0 Å². The predicted octanol–water partition coefficient (Wildman–Crippen LogP) is 2.46. The van der Waals surface area contributed by atoms with Crippen LogP contribution in [0.3, 0.4) is 0 Å². The average Bonchev–Trinajstić information content (AvgIpc) is 3.12.